The molecular formula is C11H18N2. The zero-order chi connectivity index (χ0) is 9.68. The van der Waals surface area contributed by atoms with Crippen LogP contribution in [0.5, 0.6) is 0 Å². The molecule has 1 unspecified atom stereocenters. The van der Waals surface area contributed by atoms with Crippen molar-refractivity contribution in [3.8, 4) is 0 Å². The van der Waals surface area contributed by atoms with Gasteiger partial charge in [-0.2, -0.15) is 0 Å². The Morgan fingerprint density at radius 3 is 2.38 bits per heavy atom. The lowest BCUT2D eigenvalue weighted by molar-refractivity contribution is 0.540. The molecule has 0 amide bonds. The Bertz CT molecular complexity index is 231. The Labute approximate surface area is 80.4 Å². The molecule has 1 aromatic heterocycles. The molecule has 0 saturated carbocycles. The maximum Gasteiger partial charge on any atom is 0.0373 e. The first-order valence-electron chi connectivity index (χ1n) is 4.85. The molecular weight excluding hydrogens is 160 g/mol. The Morgan fingerprint density at radius 1 is 1.23 bits per heavy atom. The van der Waals surface area contributed by atoms with E-state index >= 15 is 0 Å². The Balaban J connectivity index is 2.41. The fourth-order valence-corrected chi connectivity index (χ4v) is 1.50. The molecule has 13 heavy (non-hydrogen) atoms. The van der Waals surface area contributed by atoms with Gasteiger partial charge in [-0.15, -0.1) is 0 Å². The number of hydrogen-bond acceptors (Lipinski definition) is 2. The van der Waals surface area contributed by atoms with Gasteiger partial charge in [0, 0.05) is 24.1 Å². The normalized spacial score (nSPS) is 12.9. The number of rotatable bonds is 4. The van der Waals surface area contributed by atoms with Gasteiger partial charge in [0.2, 0.25) is 0 Å². The summed E-state index contributed by atoms with van der Waals surface area (Å²) in [5, 5.41) is 3.43. The van der Waals surface area contributed by atoms with Crippen LogP contribution in [-0.2, 0) is 0 Å². The molecule has 0 radical (unpaired) electrons. The molecule has 1 atom stereocenters. The minimum absolute atomic E-state index is 0.530. The number of aromatic nitrogens is 1. The lowest BCUT2D eigenvalue weighted by Gasteiger charge is -2.16. The summed E-state index contributed by atoms with van der Waals surface area (Å²) in [4.78, 5) is 3.97. The van der Waals surface area contributed by atoms with Gasteiger partial charge < -0.3 is 5.32 Å². The van der Waals surface area contributed by atoms with Gasteiger partial charge in [0.05, 0.1) is 0 Å². The van der Waals surface area contributed by atoms with Crippen molar-refractivity contribution in [1.29, 1.82) is 0 Å². The molecule has 0 aromatic carbocycles. The molecule has 0 fully saturated rings. The summed E-state index contributed by atoms with van der Waals surface area (Å²) >= 11 is 0. The molecule has 0 spiro atoms. The molecule has 0 aliphatic rings. The van der Waals surface area contributed by atoms with Gasteiger partial charge in [0.1, 0.15) is 0 Å². The number of nitrogens with one attached hydrogen (secondary N) is 1. The van der Waals surface area contributed by atoms with Crippen molar-refractivity contribution in [2.75, 3.05) is 5.32 Å². The average Bonchev–Trinajstić information content (AvgIpc) is 2.04. The molecule has 72 valence electrons. The maximum atomic E-state index is 3.97. The Hall–Kier alpha value is -1.05. The molecule has 1 rings (SSSR count). The molecule has 0 saturated heterocycles. The van der Waals surface area contributed by atoms with Crippen LogP contribution < -0.4 is 5.32 Å². The third-order valence-corrected chi connectivity index (χ3v) is 1.92. The summed E-state index contributed by atoms with van der Waals surface area (Å²) in [5.74, 6) is 0.740. The van der Waals surface area contributed by atoms with Crippen LogP contribution in [0.15, 0.2) is 24.5 Å². The molecule has 1 aromatic rings. The second-order valence-electron chi connectivity index (χ2n) is 3.91. The van der Waals surface area contributed by atoms with E-state index in [1.807, 2.05) is 24.5 Å². The van der Waals surface area contributed by atoms with Crippen molar-refractivity contribution in [3.05, 3.63) is 24.5 Å². The number of nitrogens with zero attached hydrogens (tertiary/aromatic N) is 1. The highest BCUT2D eigenvalue weighted by atomic mass is 14.9. The fourth-order valence-electron chi connectivity index (χ4n) is 1.50. The third kappa shape index (κ3) is 3.92. The van der Waals surface area contributed by atoms with Crippen LogP contribution >= 0.6 is 0 Å². The summed E-state index contributed by atoms with van der Waals surface area (Å²) < 4.78 is 0. The van der Waals surface area contributed by atoms with E-state index in [1.165, 1.54) is 6.42 Å². The first kappa shape index (κ1) is 10.0. The first-order chi connectivity index (χ1) is 6.18. The number of anilines is 1. The van der Waals surface area contributed by atoms with Crippen LogP contribution in [0.4, 0.5) is 5.69 Å². The summed E-state index contributed by atoms with van der Waals surface area (Å²) in [7, 11) is 0. The molecule has 0 aliphatic carbocycles. The van der Waals surface area contributed by atoms with Gasteiger partial charge in [0.25, 0.3) is 0 Å². The zero-order valence-electron chi connectivity index (χ0n) is 8.62. The predicted molar refractivity (Wildman–Crippen MR) is 56.8 cm³/mol. The lowest BCUT2D eigenvalue weighted by Crippen LogP contribution is -2.17. The van der Waals surface area contributed by atoms with E-state index in [2.05, 4.69) is 31.1 Å². The predicted octanol–water partition coefficient (Wildman–Crippen LogP) is 2.93. The monoisotopic (exact) mass is 178 g/mol. The Kier molecular flexibility index (Phi) is 3.74. The van der Waals surface area contributed by atoms with E-state index in [1.54, 1.807) is 0 Å². The standard InChI is InChI=1S/C11H18N2/c1-9(2)8-10(3)13-11-4-6-12-7-5-11/h4-7,9-10H,8H2,1-3H3,(H,12,13). The van der Waals surface area contributed by atoms with Crippen molar-refractivity contribution in [2.24, 2.45) is 5.92 Å². The summed E-state index contributed by atoms with van der Waals surface area (Å²) in [5.41, 5.74) is 1.16. The van der Waals surface area contributed by atoms with Gasteiger partial charge in [0.15, 0.2) is 0 Å². The number of pyridine rings is 1. The largest absolute Gasteiger partial charge is 0.382 e. The van der Waals surface area contributed by atoms with Crippen LogP contribution in [0.2, 0.25) is 0 Å². The fraction of sp³-hybridized carbons (Fsp3) is 0.545. The smallest absolute Gasteiger partial charge is 0.0373 e. The third-order valence-electron chi connectivity index (χ3n) is 1.92. The summed E-state index contributed by atoms with van der Waals surface area (Å²) in [6.45, 7) is 6.69. The van der Waals surface area contributed by atoms with Crippen molar-refractivity contribution < 1.29 is 0 Å². The van der Waals surface area contributed by atoms with Crippen LogP contribution in [0.3, 0.4) is 0 Å². The van der Waals surface area contributed by atoms with Gasteiger partial charge in [-0.3, -0.25) is 4.98 Å². The molecule has 0 bridgehead atoms. The van der Waals surface area contributed by atoms with Crippen molar-refractivity contribution in [3.63, 3.8) is 0 Å². The SMILES string of the molecule is CC(C)CC(C)Nc1ccncc1. The topological polar surface area (TPSA) is 24.9 Å². The molecule has 1 heterocycles. The van der Waals surface area contributed by atoms with Crippen molar-refractivity contribution in [1.82, 2.24) is 4.98 Å². The lowest BCUT2D eigenvalue weighted by atomic mass is 10.1. The van der Waals surface area contributed by atoms with Gasteiger partial charge in [-0.05, 0) is 31.4 Å². The van der Waals surface area contributed by atoms with Crippen LogP contribution in [0, 0.1) is 5.92 Å². The molecule has 1 N–H and O–H groups in total. The molecule has 0 aliphatic heterocycles. The van der Waals surface area contributed by atoms with Gasteiger partial charge in [-0.1, -0.05) is 13.8 Å². The Morgan fingerprint density at radius 2 is 1.85 bits per heavy atom. The van der Waals surface area contributed by atoms with Gasteiger partial charge >= 0.3 is 0 Å². The van der Waals surface area contributed by atoms with Gasteiger partial charge in [-0.25, -0.2) is 0 Å². The molecule has 2 heteroatoms. The highest BCUT2D eigenvalue weighted by Gasteiger charge is 2.03. The second-order valence-corrected chi connectivity index (χ2v) is 3.91. The van der Waals surface area contributed by atoms with Crippen molar-refractivity contribution in [2.45, 2.75) is 33.2 Å². The van der Waals surface area contributed by atoms with E-state index in [0.717, 1.165) is 11.6 Å². The minimum atomic E-state index is 0.530. The van der Waals surface area contributed by atoms with E-state index in [4.69, 9.17) is 0 Å². The van der Waals surface area contributed by atoms with E-state index < -0.39 is 0 Å². The van der Waals surface area contributed by atoms with E-state index in [9.17, 15) is 0 Å². The maximum absolute atomic E-state index is 3.97. The van der Waals surface area contributed by atoms with Crippen LogP contribution in [-0.4, -0.2) is 11.0 Å². The highest BCUT2D eigenvalue weighted by molar-refractivity contribution is 5.41. The van der Waals surface area contributed by atoms with Crippen molar-refractivity contribution >= 4 is 5.69 Å². The average molecular weight is 178 g/mol. The highest BCUT2D eigenvalue weighted by Crippen LogP contribution is 2.11. The molecule has 2 nitrogen and oxygen atoms in total. The van der Waals surface area contributed by atoms with Crippen LogP contribution in [0.1, 0.15) is 27.2 Å². The van der Waals surface area contributed by atoms with E-state index in [0.29, 0.717) is 6.04 Å². The minimum Gasteiger partial charge on any atom is -0.382 e. The van der Waals surface area contributed by atoms with E-state index in [-0.39, 0.29) is 0 Å². The quantitative estimate of drug-likeness (QED) is 0.766. The second kappa shape index (κ2) is 4.85. The first-order valence-corrected chi connectivity index (χ1v) is 4.85. The number of hydrogen-bond donors (Lipinski definition) is 1. The summed E-state index contributed by atoms with van der Waals surface area (Å²) in [6.07, 6.45) is 4.82. The van der Waals surface area contributed by atoms with Crippen LogP contribution in [0.25, 0.3) is 0 Å². The summed E-state index contributed by atoms with van der Waals surface area (Å²) in [6, 6.07) is 4.52. The zero-order valence-corrected chi connectivity index (χ0v) is 8.62.